The fraction of sp³-hybridized carbons (Fsp3) is 0.667. The summed E-state index contributed by atoms with van der Waals surface area (Å²) in [5.41, 5.74) is 0. The average molecular weight is 164 g/mol. The minimum Gasteiger partial charge on any atom is -0.103 e. The molecule has 0 saturated heterocycles. The van der Waals surface area contributed by atoms with E-state index in [0.29, 0.717) is 0 Å². The number of hydrogen-bond acceptors (Lipinski definition) is 0. The molecule has 68 valence electrons. The summed E-state index contributed by atoms with van der Waals surface area (Å²) in [5, 5.41) is 0. The summed E-state index contributed by atoms with van der Waals surface area (Å²) in [4.78, 5) is 0. The minimum absolute atomic E-state index is 0.778. The van der Waals surface area contributed by atoms with Gasteiger partial charge in [-0.3, -0.25) is 0 Å². The van der Waals surface area contributed by atoms with Crippen molar-refractivity contribution in [1.82, 2.24) is 0 Å². The quantitative estimate of drug-likeness (QED) is 0.554. The van der Waals surface area contributed by atoms with Gasteiger partial charge in [-0.05, 0) is 43.4 Å². The lowest BCUT2D eigenvalue weighted by molar-refractivity contribution is 0.360. The molecule has 1 unspecified atom stereocenters. The molecule has 12 heavy (non-hydrogen) atoms. The van der Waals surface area contributed by atoms with E-state index in [-0.39, 0.29) is 0 Å². The first kappa shape index (κ1) is 9.57. The van der Waals surface area contributed by atoms with E-state index < -0.39 is 0 Å². The Hall–Kier alpha value is -0.520. The van der Waals surface area contributed by atoms with E-state index in [1.807, 2.05) is 6.08 Å². The van der Waals surface area contributed by atoms with Crippen LogP contribution in [0.3, 0.4) is 0 Å². The highest BCUT2D eigenvalue weighted by Gasteiger charge is 2.29. The molecule has 0 heterocycles. The van der Waals surface area contributed by atoms with E-state index in [9.17, 15) is 0 Å². The topological polar surface area (TPSA) is 0 Å². The highest BCUT2D eigenvalue weighted by atomic mass is 14.3. The third-order valence-electron chi connectivity index (χ3n) is 3.33. The summed E-state index contributed by atoms with van der Waals surface area (Å²) >= 11 is 0. The highest BCUT2D eigenvalue weighted by Crippen LogP contribution is 2.39. The van der Waals surface area contributed by atoms with Crippen LogP contribution in [0.2, 0.25) is 0 Å². The van der Waals surface area contributed by atoms with Crippen LogP contribution >= 0.6 is 0 Å². The molecule has 0 amide bonds. The molecule has 0 aromatic carbocycles. The van der Waals surface area contributed by atoms with Crippen LogP contribution in [0.1, 0.15) is 32.6 Å². The first-order valence-electron chi connectivity index (χ1n) is 5.03. The molecule has 0 N–H and O–H groups in total. The Morgan fingerprint density at radius 3 is 2.58 bits per heavy atom. The van der Waals surface area contributed by atoms with Crippen molar-refractivity contribution in [2.24, 2.45) is 17.8 Å². The Morgan fingerprint density at radius 2 is 2.08 bits per heavy atom. The second-order valence-electron chi connectivity index (χ2n) is 3.96. The van der Waals surface area contributed by atoms with Crippen LogP contribution in [0.5, 0.6) is 0 Å². The minimum atomic E-state index is 0.778. The lowest BCUT2D eigenvalue weighted by Crippen LogP contribution is -2.08. The summed E-state index contributed by atoms with van der Waals surface area (Å²) < 4.78 is 0. The van der Waals surface area contributed by atoms with E-state index in [1.54, 1.807) is 0 Å². The standard InChI is InChI=1S/C12H20/c1-4-6-7-12-9-8-11(5-2)10(12)3/h4-5,10-12H,1-2,6-9H2,3H3/t10-,11+,12?/m0/s1. The zero-order valence-corrected chi connectivity index (χ0v) is 8.13. The predicted molar refractivity (Wildman–Crippen MR) is 55.0 cm³/mol. The van der Waals surface area contributed by atoms with Crippen LogP contribution in [0.15, 0.2) is 25.3 Å². The Kier molecular flexibility index (Phi) is 3.58. The molecule has 1 saturated carbocycles. The zero-order chi connectivity index (χ0) is 8.97. The van der Waals surface area contributed by atoms with Crippen LogP contribution in [0.4, 0.5) is 0 Å². The van der Waals surface area contributed by atoms with E-state index in [4.69, 9.17) is 0 Å². The van der Waals surface area contributed by atoms with Gasteiger partial charge in [0.05, 0.1) is 0 Å². The second kappa shape index (κ2) is 4.49. The van der Waals surface area contributed by atoms with Crippen molar-refractivity contribution in [2.45, 2.75) is 32.6 Å². The highest BCUT2D eigenvalue weighted by molar-refractivity contribution is 4.92. The SMILES string of the molecule is C=CCCC1CC[C@@H](C=C)[C@@H]1C. The molecule has 1 rings (SSSR count). The van der Waals surface area contributed by atoms with Gasteiger partial charge < -0.3 is 0 Å². The second-order valence-corrected chi connectivity index (χ2v) is 3.96. The van der Waals surface area contributed by atoms with Gasteiger partial charge in [0.1, 0.15) is 0 Å². The van der Waals surface area contributed by atoms with Gasteiger partial charge in [-0.2, -0.15) is 0 Å². The van der Waals surface area contributed by atoms with Crippen LogP contribution in [0, 0.1) is 17.8 Å². The largest absolute Gasteiger partial charge is 0.103 e. The molecule has 0 nitrogen and oxygen atoms in total. The van der Waals surface area contributed by atoms with Crippen LogP contribution in [0.25, 0.3) is 0 Å². The molecule has 0 aliphatic heterocycles. The Labute approximate surface area is 76.4 Å². The van der Waals surface area contributed by atoms with Crippen molar-refractivity contribution in [3.05, 3.63) is 25.3 Å². The van der Waals surface area contributed by atoms with Crippen molar-refractivity contribution in [3.63, 3.8) is 0 Å². The van der Waals surface area contributed by atoms with E-state index in [2.05, 4.69) is 26.2 Å². The monoisotopic (exact) mass is 164 g/mol. The molecule has 3 atom stereocenters. The summed E-state index contributed by atoms with van der Waals surface area (Å²) in [6.45, 7) is 10.0. The molecule has 0 spiro atoms. The maximum absolute atomic E-state index is 3.89. The first-order valence-corrected chi connectivity index (χ1v) is 5.03. The number of allylic oxidation sites excluding steroid dienone is 2. The number of hydrogen-bond donors (Lipinski definition) is 0. The third kappa shape index (κ3) is 2.00. The van der Waals surface area contributed by atoms with Gasteiger partial charge in [0, 0.05) is 0 Å². The normalized spacial score (nSPS) is 34.9. The van der Waals surface area contributed by atoms with Gasteiger partial charge in [-0.25, -0.2) is 0 Å². The first-order chi connectivity index (χ1) is 5.79. The Bertz CT molecular complexity index is 157. The van der Waals surface area contributed by atoms with Crippen LogP contribution < -0.4 is 0 Å². The van der Waals surface area contributed by atoms with Crippen molar-refractivity contribution in [1.29, 1.82) is 0 Å². The van der Waals surface area contributed by atoms with Gasteiger partial charge in [0.15, 0.2) is 0 Å². The summed E-state index contributed by atoms with van der Waals surface area (Å²) in [7, 11) is 0. The molecule has 0 radical (unpaired) electrons. The maximum Gasteiger partial charge on any atom is -0.0208 e. The summed E-state index contributed by atoms with van der Waals surface area (Å²) in [6.07, 6.45) is 9.43. The maximum atomic E-state index is 3.89. The lowest BCUT2D eigenvalue weighted by Gasteiger charge is -2.17. The van der Waals surface area contributed by atoms with Crippen LogP contribution in [-0.2, 0) is 0 Å². The smallest absolute Gasteiger partial charge is 0.0208 e. The van der Waals surface area contributed by atoms with E-state index in [0.717, 1.165) is 17.8 Å². The number of rotatable bonds is 4. The molecule has 0 aromatic heterocycles. The molecule has 1 aliphatic carbocycles. The van der Waals surface area contributed by atoms with E-state index in [1.165, 1.54) is 25.7 Å². The fourth-order valence-corrected chi connectivity index (χ4v) is 2.35. The molecule has 1 aliphatic rings. The molecular weight excluding hydrogens is 144 g/mol. The molecule has 0 heteroatoms. The molecule has 0 aromatic rings. The zero-order valence-electron chi connectivity index (χ0n) is 8.13. The van der Waals surface area contributed by atoms with Crippen molar-refractivity contribution in [2.75, 3.05) is 0 Å². The Morgan fingerprint density at radius 1 is 1.33 bits per heavy atom. The summed E-state index contributed by atoms with van der Waals surface area (Å²) in [5.74, 6) is 2.55. The molecule has 0 bridgehead atoms. The fourth-order valence-electron chi connectivity index (χ4n) is 2.35. The van der Waals surface area contributed by atoms with Crippen LogP contribution in [-0.4, -0.2) is 0 Å². The summed E-state index contributed by atoms with van der Waals surface area (Å²) in [6, 6.07) is 0. The van der Waals surface area contributed by atoms with E-state index >= 15 is 0 Å². The third-order valence-corrected chi connectivity index (χ3v) is 3.33. The average Bonchev–Trinajstić information content (AvgIpc) is 2.43. The van der Waals surface area contributed by atoms with Crippen molar-refractivity contribution >= 4 is 0 Å². The van der Waals surface area contributed by atoms with Gasteiger partial charge >= 0.3 is 0 Å². The predicted octanol–water partition coefficient (Wildman–Crippen LogP) is 3.80. The van der Waals surface area contributed by atoms with Gasteiger partial charge in [-0.15, -0.1) is 13.2 Å². The molecule has 1 fully saturated rings. The van der Waals surface area contributed by atoms with Crippen molar-refractivity contribution in [3.8, 4) is 0 Å². The van der Waals surface area contributed by atoms with Gasteiger partial charge in [0.2, 0.25) is 0 Å². The lowest BCUT2D eigenvalue weighted by atomic mass is 9.88. The molecular formula is C12H20. The van der Waals surface area contributed by atoms with Gasteiger partial charge in [-0.1, -0.05) is 19.1 Å². The van der Waals surface area contributed by atoms with Gasteiger partial charge in [0.25, 0.3) is 0 Å². The Balaban J connectivity index is 2.37. The van der Waals surface area contributed by atoms with Crippen molar-refractivity contribution < 1.29 is 0 Å².